The summed E-state index contributed by atoms with van der Waals surface area (Å²) in [4.78, 5) is 29.6. The number of primary amides is 2. The van der Waals surface area contributed by atoms with Gasteiger partial charge in [0.25, 0.3) is 13.1 Å². The zero-order valence-corrected chi connectivity index (χ0v) is 14.9. The summed E-state index contributed by atoms with van der Waals surface area (Å²) in [6.45, 7) is 10.4. The smallest absolute Gasteiger partial charge is 0.351 e. The number of benzene rings is 2. The number of carbonyl (C=O) groups excluding carboxylic acids is 2. The van der Waals surface area contributed by atoms with E-state index in [-0.39, 0.29) is 24.3 Å². The van der Waals surface area contributed by atoms with E-state index in [0.717, 1.165) is 0 Å². The van der Waals surface area contributed by atoms with Gasteiger partial charge in [0.2, 0.25) is 0 Å². The second-order valence-corrected chi connectivity index (χ2v) is 6.25. The highest BCUT2D eigenvalue weighted by molar-refractivity contribution is 5.83. The van der Waals surface area contributed by atoms with Gasteiger partial charge in [0, 0.05) is 11.1 Å². The van der Waals surface area contributed by atoms with Gasteiger partial charge in [0.1, 0.15) is 11.5 Å². The van der Waals surface area contributed by atoms with Crippen molar-refractivity contribution in [2.75, 3.05) is 0 Å². The molecule has 0 heterocycles. The molecule has 0 fully saturated rings. The van der Waals surface area contributed by atoms with Crippen molar-refractivity contribution in [3.8, 4) is 35.8 Å². The Morgan fingerprint density at radius 3 is 1.46 bits per heavy atom. The fourth-order valence-electron chi connectivity index (χ4n) is 2.75. The molecule has 2 aromatic rings. The zero-order chi connectivity index (χ0) is 20.8. The van der Waals surface area contributed by atoms with Crippen LogP contribution in [0, 0.1) is 13.1 Å². The Bertz CT molecular complexity index is 923. The van der Waals surface area contributed by atoms with Crippen molar-refractivity contribution >= 4 is 11.8 Å². The maximum Gasteiger partial charge on any atom is 0.351 e. The topological polar surface area (TPSA) is 135 Å². The maximum absolute atomic E-state index is 11.3. The van der Waals surface area contributed by atoms with E-state index in [9.17, 15) is 19.8 Å². The number of nitrogens with zero attached hydrogens (tertiary/aromatic N) is 2. The molecule has 28 heavy (non-hydrogen) atoms. The lowest BCUT2D eigenvalue weighted by Crippen LogP contribution is -2.27. The van der Waals surface area contributed by atoms with Crippen molar-refractivity contribution < 1.29 is 19.8 Å². The second kappa shape index (κ2) is 8.56. The number of aromatic hydroxyl groups is 2. The molecule has 0 aliphatic heterocycles. The lowest BCUT2D eigenvalue weighted by atomic mass is 9.95. The van der Waals surface area contributed by atoms with E-state index in [1.807, 2.05) is 0 Å². The first-order chi connectivity index (χ1) is 13.3. The molecule has 8 nitrogen and oxygen atoms in total. The molecular weight excluding hydrogens is 360 g/mol. The molecule has 2 rings (SSSR count). The highest BCUT2D eigenvalue weighted by Gasteiger charge is 2.26. The number of amides is 2. The third kappa shape index (κ3) is 4.57. The minimum Gasteiger partial charge on any atom is -0.507 e. The molecule has 2 amide bonds. The van der Waals surface area contributed by atoms with Gasteiger partial charge < -0.3 is 21.7 Å². The van der Waals surface area contributed by atoms with Crippen LogP contribution in [-0.4, -0.2) is 34.1 Å². The number of phenols is 2. The standard InChI is InChI=1S/C20H18N4O4/c1-23-15(19(21)27)9-11-3-5-17(25)13(7-11)14-8-12(4-6-18(14)26)10-16(24-2)20(22)28/h1-8,15-16H,9-10H2,(H4-2,21,22,25,26,27,28)/p+2. The van der Waals surface area contributed by atoms with Crippen LogP contribution in [-0.2, 0) is 22.4 Å². The molecule has 6 N–H and O–H groups in total. The van der Waals surface area contributed by atoms with Gasteiger partial charge in [-0.2, -0.15) is 0 Å². The number of nitrogens with two attached hydrogens (primary N) is 2. The monoisotopic (exact) mass is 380 g/mol. The zero-order valence-electron chi connectivity index (χ0n) is 14.9. The Hall–Kier alpha value is -4.04. The largest absolute Gasteiger partial charge is 0.507 e. The quantitative estimate of drug-likeness (QED) is 0.578. The van der Waals surface area contributed by atoms with Crippen molar-refractivity contribution in [1.29, 1.82) is 0 Å². The van der Waals surface area contributed by atoms with Crippen LogP contribution in [0.15, 0.2) is 36.4 Å². The minimum atomic E-state index is -0.917. The van der Waals surface area contributed by atoms with Crippen molar-refractivity contribution in [3.63, 3.8) is 0 Å². The van der Waals surface area contributed by atoms with E-state index in [0.29, 0.717) is 22.3 Å². The van der Waals surface area contributed by atoms with Gasteiger partial charge in [-0.15, -0.1) is 0 Å². The summed E-state index contributed by atoms with van der Waals surface area (Å²) in [6.07, 6.45) is 0.269. The van der Waals surface area contributed by atoms with Crippen molar-refractivity contribution in [3.05, 3.63) is 57.2 Å². The van der Waals surface area contributed by atoms with Crippen LogP contribution >= 0.6 is 0 Å². The van der Waals surface area contributed by atoms with Gasteiger partial charge >= 0.3 is 23.9 Å². The summed E-state index contributed by atoms with van der Waals surface area (Å²) in [6, 6.07) is 7.39. The van der Waals surface area contributed by atoms with Crippen LogP contribution in [0.5, 0.6) is 11.5 Å². The number of rotatable bonds is 7. The first kappa shape index (κ1) is 20.3. The molecular formula is C20H20N4O4+2. The predicted octanol–water partition coefficient (Wildman–Crippen LogP) is 1.48. The molecule has 0 spiro atoms. The van der Waals surface area contributed by atoms with Crippen LogP contribution in [0.4, 0.5) is 0 Å². The summed E-state index contributed by atoms with van der Waals surface area (Å²) in [7, 11) is 0. The van der Waals surface area contributed by atoms with E-state index in [4.69, 9.17) is 24.6 Å². The molecule has 0 saturated carbocycles. The van der Waals surface area contributed by atoms with E-state index in [1.165, 1.54) is 12.1 Å². The van der Waals surface area contributed by atoms with Crippen LogP contribution in [0.1, 0.15) is 11.1 Å². The third-order valence-electron chi connectivity index (χ3n) is 4.29. The Morgan fingerprint density at radius 2 is 1.18 bits per heavy atom. The highest BCUT2D eigenvalue weighted by atomic mass is 16.3. The van der Waals surface area contributed by atoms with Crippen molar-refractivity contribution in [2.24, 2.45) is 11.5 Å². The summed E-state index contributed by atoms with van der Waals surface area (Å²) < 4.78 is 0. The van der Waals surface area contributed by atoms with Crippen LogP contribution in [0.25, 0.3) is 20.8 Å². The summed E-state index contributed by atoms with van der Waals surface area (Å²) in [5.74, 6) is -1.53. The predicted molar refractivity (Wildman–Crippen MR) is 105 cm³/mol. The lowest BCUT2D eigenvalue weighted by Gasteiger charge is -2.11. The van der Waals surface area contributed by atoms with E-state index in [2.05, 4.69) is 9.69 Å². The Labute approximate surface area is 161 Å². The molecule has 0 saturated heterocycles. The van der Waals surface area contributed by atoms with E-state index < -0.39 is 23.9 Å². The average molecular weight is 380 g/mol. The maximum atomic E-state index is 11.3. The number of hydrogen-bond acceptors (Lipinski definition) is 4. The van der Waals surface area contributed by atoms with Crippen LogP contribution < -0.4 is 11.5 Å². The third-order valence-corrected chi connectivity index (χ3v) is 4.29. The van der Waals surface area contributed by atoms with Crippen molar-refractivity contribution in [2.45, 2.75) is 24.9 Å². The average Bonchev–Trinajstić information content (AvgIpc) is 2.66. The molecule has 0 aliphatic carbocycles. The van der Waals surface area contributed by atoms with Gasteiger partial charge in [-0.25, -0.2) is 0 Å². The second-order valence-electron chi connectivity index (χ2n) is 6.25. The van der Waals surface area contributed by atoms with Gasteiger partial charge in [-0.3, -0.25) is 9.59 Å². The lowest BCUT2D eigenvalue weighted by molar-refractivity contribution is -0.119. The molecule has 0 bridgehead atoms. The minimum absolute atomic E-state index is 0.0912. The molecule has 0 radical (unpaired) electrons. The van der Waals surface area contributed by atoms with Crippen LogP contribution in [0.3, 0.4) is 0 Å². The summed E-state index contributed by atoms with van der Waals surface area (Å²) in [5, 5.41) is 20.5. The Morgan fingerprint density at radius 1 is 0.821 bits per heavy atom. The summed E-state index contributed by atoms with van der Waals surface area (Å²) >= 11 is 0. The number of carbonyl (C=O) groups is 2. The fourth-order valence-corrected chi connectivity index (χ4v) is 2.75. The normalized spacial score (nSPS) is 12.4. The Kier molecular flexibility index (Phi) is 6.20. The van der Waals surface area contributed by atoms with Crippen LogP contribution in [0.2, 0.25) is 0 Å². The first-order valence-corrected chi connectivity index (χ1v) is 8.29. The van der Waals surface area contributed by atoms with Gasteiger partial charge in [-0.1, -0.05) is 21.8 Å². The number of phenolic OH excluding ortho intramolecular Hbond substituents is 2. The fraction of sp³-hybridized carbons (Fsp3) is 0.200. The molecule has 2 unspecified atom stereocenters. The van der Waals surface area contributed by atoms with Gasteiger partial charge in [0.05, 0.1) is 12.8 Å². The summed E-state index contributed by atoms with van der Waals surface area (Å²) in [5.41, 5.74) is 12.4. The molecule has 142 valence electrons. The molecule has 0 aliphatic rings. The van der Waals surface area contributed by atoms with Crippen molar-refractivity contribution in [1.82, 2.24) is 0 Å². The van der Waals surface area contributed by atoms with E-state index >= 15 is 0 Å². The molecule has 0 aromatic heterocycles. The first-order valence-electron chi connectivity index (χ1n) is 8.29. The molecule has 2 atom stereocenters. The Balaban J connectivity index is 2.44. The highest BCUT2D eigenvalue weighted by Crippen LogP contribution is 2.37. The molecule has 8 heteroatoms. The molecule has 2 aromatic carbocycles. The van der Waals surface area contributed by atoms with Gasteiger partial charge in [-0.05, 0) is 35.4 Å². The number of hydrogen-bond donors (Lipinski definition) is 4. The SMILES string of the molecule is C#[N+]C(Cc1ccc(O)c(-c2cc(CC([N+]#C)C(N)=O)ccc2O)c1)C(N)=O. The van der Waals surface area contributed by atoms with Gasteiger partial charge in [0.15, 0.2) is 0 Å². The van der Waals surface area contributed by atoms with E-state index in [1.54, 1.807) is 24.3 Å².